The molecule has 0 saturated carbocycles. The van der Waals surface area contributed by atoms with Crippen LogP contribution in [-0.2, 0) is 0 Å². The van der Waals surface area contributed by atoms with E-state index in [4.69, 9.17) is 0 Å². The fourth-order valence-electron chi connectivity index (χ4n) is 1.00. The van der Waals surface area contributed by atoms with Crippen molar-refractivity contribution in [1.82, 2.24) is 15.0 Å². The van der Waals surface area contributed by atoms with Crippen LogP contribution in [0.15, 0.2) is 24.7 Å². The highest BCUT2D eigenvalue weighted by atomic mass is 19.3. The first kappa shape index (κ1) is 7.97. The molecular formula is C8H5F2N3. The second-order valence-electron chi connectivity index (χ2n) is 2.45. The van der Waals surface area contributed by atoms with Gasteiger partial charge in [-0.25, -0.2) is 8.78 Å². The zero-order chi connectivity index (χ0) is 9.26. The van der Waals surface area contributed by atoms with Gasteiger partial charge in [0.15, 0.2) is 0 Å². The largest absolute Gasteiger partial charge is 0.280 e. The molecule has 13 heavy (non-hydrogen) atoms. The Labute approximate surface area is 72.5 Å². The first-order chi connectivity index (χ1) is 6.27. The van der Waals surface area contributed by atoms with Crippen LogP contribution >= 0.6 is 0 Å². The van der Waals surface area contributed by atoms with Crippen molar-refractivity contribution in [2.45, 2.75) is 6.43 Å². The van der Waals surface area contributed by atoms with Gasteiger partial charge in [0.25, 0.3) is 6.43 Å². The van der Waals surface area contributed by atoms with Gasteiger partial charge < -0.3 is 0 Å². The minimum Gasteiger partial charge on any atom is -0.253 e. The summed E-state index contributed by atoms with van der Waals surface area (Å²) in [4.78, 5) is 11.4. The molecule has 0 aliphatic rings. The maximum Gasteiger partial charge on any atom is 0.280 e. The van der Waals surface area contributed by atoms with E-state index in [1.165, 1.54) is 24.7 Å². The van der Waals surface area contributed by atoms with Gasteiger partial charge in [-0.3, -0.25) is 15.0 Å². The highest BCUT2D eigenvalue weighted by Crippen LogP contribution is 2.18. The molecule has 3 nitrogen and oxygen atoms in total. The third kappa shape index (κ3) is 1.44. The molecule has 0 saturated heterocycles. The van der Waals surface area contributed by atoms with E-state index in [2.05, 4.69) is 15.0 Å². The summed E-state index contributed by atoms with van der Waals surface area (Å²) < 4.78 is 24.4. The lowest BCUT2D eigenvalue weighted by molar-refractivity contribution is 0.146. The minimum atomic E-state index is -2.56. The number of hydrogen-bond donors (Lipinski definition) is 0. The molecule has 0 N–H and O–H groups in total. The monoisotopic (exact) mass is 181 g/mol. The summed E-state index contributed by atoms with van der Waals surface area (Å²) in [5.74, 6) is 0. The molecule has 66 valence electrons. The summed E-state index contributed by atoms with van der Waals surface area (Å²) >= 11 is 0. The van der Waals surface area contributed by atoms with Gasteiger partial charge in [0.1, 0.15) is 11.2 Å². The Morgan fingerprint density at radius 3 is 2.38 bits per heavy atom. The molecule has 0 aliphatic heterocycles. The average molecular weight is 181 g/mol. The van der Waals surface area contributed by atoms with Crippen LogP contribution in [0.5, 0.6) is 0 Å². The van der Waals surface area contributed by atoms with Crippen LogP contribution in [0.4, 0.5) is 8.78 Å². The van der Waals surface area contributed by atoms with Crippen LogP contribution in [0, 0.1) is 0 Å². The number of pyridine rings is 1. The van der Waals surface area contributed by atoms with Crippen molar-refractivity contribution in [2.24, 2.45) is 0 Å². The lowest BCUT2D eigenvalue weighted by atomic mass is 10.3. The standard InChI is InChI=1S/C8H5F2N3/c9-8(10)6-3-5-7(4-13-6)12-2-1-11-5/h1-4,8H. The van der Waals surface area contributed by atoms with Crippen LogP contribution in [0.2, 0.25) is 0 Å². The summed E-state index contributed by atoms with van der Waals surface area (Å²) in [5.41, 5.74) is 0.688. The fraction of sp³-hybridized carbons (Fsp3) is 0.125. The number of alkyl halides is 2. The summed E-state index contributed by atoms with van der Waals surface area (Å²) in [7, 11) is 0. The van der Waals surface area contributed by atoms with Crippen LogP contribution in [-0.4, -0.2) is 15.0 Å². The number of hydrogen-bond acceptors (Lipinski definition) is 3. The molecule has 0 spiro atoms. The van der Waals surface area contributed by atoms with Crippen LogP contribution in [0.25, 0.3) is 11.0 Å². The van der Waals surface area contributed by atoms with Gasteiger partial charge in [-0.05, 0) is 6.07 Å². The molecule has 5 heteroatoms. The average Bonchev–Trinajstić information content (AvgIpc) is 2.17. The lowest BCUT2D eigenvalue weighted by Crippen LogP contribution is -1.91. The summed E-state index contributed by atoms with van der Waals surface area (Å²) in [6.07, 6.45) is 1.68. The molecule has 0 atom stereocenters. The number of nitrogens with zero attached hydrogens (tertiary/aromatic N) is 3. The minimum absolute atomic E-state index is 0.270. The van der Waals surface area contributed by atoms with Gasteiger partial charge in [0.05, 0.1) is 11.7 Å². The second kappa shape index (κ2) is 3.01. The van der Waals surface area contributed by atoms with Gasteiger partial charge in [-0.15, -0.1) is 0 Å². The van der Waals surface area contributed by atoms with Crippen molar-refractivity contribution in [2.75, 3.05) is 0 Å². The first-order valence-corrected chi connectivity index (χ1v) is 3.62. The predicted octanol–water partition coefficient (Wildman–Crippen LogP) is 1.96. The number of fused-ring (bicyclic) bond motifs is 1. The van der Waals surface area contributed by atoms with Crippen molar-refractivity contribution >= 4 is 11.0 Å². The Morgan fingerprint density at radius 2 is 1.69 bits per heavy atom. The van der Waals surface area contributed by atoms with Gasteiger partial charge in [-0.2, -0.15) is 0 Å². The topological polar surface area (TPSA) is 38.7 Å². The Bertz CT molecular complexity index is 430. The molecule has 2 aromatic heterocycles. The molecule has 0 amide bonds. The fourth-order valence-corrected chi connectivity index (χ4v) is 1.00. The van der Waals surface area contributed by atoms with E-state index < -0.39 is 6.43 Å². The van der Waals surface area contributed by atoms with E-state index in [1.54, 1.807) is 0 Å². The Morgan fingerprint density at radius 1 is 1.00 bits per heavy atom. The van der Waals surface area contributed by atoms with Gasteiger partial charge >= 0.3 is 0 Å². The first-order valence-electron chi connectivity index (χ1n) is 3.62. The maximum atomic E-state index is 12.2. The molecule has 2 aromatic rings. The van der Waals surface area contributed by atoms with Gasteiger partial charge in [-0.1, -0.05) is 0 Å². The van der Waals surface area contributed by atoms with Crippen molar-refractivity contribution in [1.29, 1.82) is 0 Å². The zero-order valence-corrected chi connectivity index (χ0v) is 6.48. The molecule has 0 aliphatic carbocycles. The van der Waals surface area contributed by atoms with Crippen molar-refractivity contribution < 1.29 is 8.78 Å². The molecular weight excluding hydrogens is 176 g/mol. The summed E-state index contributed by atoms with van der Waals surface area (Å²) in [5, 5.41) is 0. The summed E-state index contributed by atoms with van der Waals surface area (Å²) in [6, 6.07) is 1.24. The highest BCUT2D eigenvalue weighted by molar-refractivity contribution is 5.72. The maximum absolute atomic E-state index is 12.2. The summed E-state index contributed by atoms with van der Waals surface area (Å²) in [6.45, 7) is 0. The van der Waals surface area contributed by atoms with Crippen molar-refractivity contribution in [3.63, 3.8) is 0 Å². The van der Waals surface area contributed by atoms with E-state index in [-0.39, 0.29) is 5.69 Å². The molecule has 0 unspecified atom stereocenters. The van der Waals surface area contributed by atoms with E-state index in [9.17, 15) is 8.78 Å². The molecule has 0 fully saturated rings. The molecule has 0 radical (unpaired) electrons. The smallest absolute Gasteiger partial charge is 0.253 e. The predicted molar refractivity (Wildman–Crippen MR) is 42.3 cm³/mol. The Hall–Kier alpha value is -1.65. The quantitative estimate of drug-likeness (QED) is 0.675. The van der Waals surface area contributed by atoms with Crippen molar-refractivity contribution in [3.05, 3.63) is 30.4 Å². The molecule has 0 aromatic carbocycles. The molecule has 2 heterocycles. The van der Waals surface area contributed by atoms with Gasteiger partial charge in [0, 0.05) is 12.4 Å². The van der Waals surface area contributed by atoms with Gasteiger partial charge in [0.2, 0.25) is 0 Å². The van der Waals surface area contributed by atoms with Crippen molar-refractivity contribution in [3.8, 4) is 0 Å². The molecule has 0 bridgehead atoms. The third-order valence-electron chi connectivity index (χ3n) is 1.60. The zero-order valence-electron chi connectivity index (χ0n) is 6.48. The van der Waals surface area contributed by atoms with E-state index in [0.717, 1.165) is 0 Å². The number of rotatable bonds is 1. The molecule has 2 rings (SSSR count). The van der Waals surface area contributed by atoms with E-state index in [1.807, 2.05) is 0 Å². The Balaban J connectivity index is 2.62. The lowest BCUT2D eigenvalue weighted by Gasteiger charge is -1.99. The third-order valence-corrected chi connectivity index (χ3v) is 1.60. The Kier molecular flexibility index (Phi) is 1.84. The van der Waals surface area contributed by atoms with E-state index >= 15 is 0 Å². The van der Waals surface area contributed by atoms with Crippen LogP contribution in [0.3, 0.4) is 0 Å². The SMILES string of the molecule is FC(F)c1cc2nccnc2cn1. The highest BCUT2D eigenvalue weighted by Gasteiger charge is 2.09. The normalized spacial score (nSPS) is 11.0. The van der Waals surface area contributed by atoms with Crippen LogP contribution < -0.4 is 0 Å². The van der Waals surface area contributed by atoms with E-state index in [0.29, 0.717) is 11.0 Å². The van der Waals surface area contributed by atoms with Crippen LogP contribution in [0.1, 0.15) is 12.1 Å². The number of aromatic nitrogens is 3. The number of halogens is 2. The second-order valence-corrected chi connectivity index (χ2v) is 2.45.